The molecule has 0 radical (unpaired) electrons. The van der Waals surface area contributed by atoms with Crippen molar-refractivity contribution in [2.75, 3.05) is 5.32 Å². The number of carbonyl (C=O) groups is 1. The predicted molar refractivity (Wildman–Crippen MR) is 93.5 cm³/mol. The van der Waals surface area contributed by atoms with Crippen LogP contribution in [0.4, 0.5) is 5.69 Å². The number of hydrogen-bond donors (Lipinski definition) is 1. The summed E-state index contributed by atoms with van der Waals surface area (Å²) < 4.78 is 7.44. The Hall–Kier alpha value is -3.08. The number of ether oxygens (including phenoxy) is 1. The molecule has 0 aliphatic rings. The number of aryl methyl sites for hydroxylation is 1. The van der Waals surface area contributed by atoms with E-state index in [1.165, 1.54) is 0 Å². The number of carbonyl (C=O) groups excluding carboxylic acids is 1. The number of hydrogen-bond acceptors (Lipinski definition) is 3. The van der Waals surface area contributed by atoms with Gasteiger partial charge in [-0.1, -0.05) is 12.1 Å². The molecule has 5 heteroatoms. The first-order valence-corrected chi connectivity index (χ1v) is 7.76. The smallest absolute Gasteiger partial charge is 0.265 e. The zero-order valence-corrected chi connectivity index (χ0v) is 13.6. The van der Waals surface area contributed by atoms with Crippen LogP contribution in [-0.2, 0) is 4.79 Å². The lowest BCUT2D eigenvalue weighted by molar-refractivity contribution is -0.122. The highest BCUT2D eigenvalue weighted by Gasteiger charge is 2.15. The summed E-state index contributed by atoms with van der Waals surface area (Å²) in [6.45, 7) is 3.72. The van der Waals surface area contributed by atoms with Crippen LogP contribution >= 0.6 is 0 Å². The second-order valence-electron chi connectivity index (χ2n) is 5.56. The van der Waals surface area contributed by atoms with Gasteiger partial charge in [0.1, 0.15) is 5.75 Å². The summed E-state index contributed by atoms with van der Waals surface area (Å²) in [5.41, 5.74) is 2.74. The Morgan fingerprint density at radius 2 is 1.96 bits per heavy atom. The number of nitrogens with one attached hydrogen (secondary N) is 1. The third-order valence-corrected chi connectivity index (χ3v) is 3.58. The molecule has 1 unspecified atom stereocenters. The van der Waals surface area contributed by atoms with Crippen molar-refractivity contribution >= 4 is 11.6 Å². The molecule has 122 valence electrons. The lowest BCUT2D eigenvalue weighted by Crippen LogP contribution is -2.30. The lowest BCUT2D eigenvalue weighted by Gasteiger charge is -2.15. The number of anilines is 1. The third-order valence-electron chi connectivity index (χ3n) is 3.58. The van der Waals surface area contributed by atoms with Gasteiger partial charge in [-0.25, -0.2) is 4.68 Å². The molecule has 24 heavy (non-hydrogen) atoms. The predicted octanol–water partition coefficient (Wildman–Crippen LogP) is 3.59. The third kappa shape index (κ3) is 3.81. The molecule has 1 aromatic heterocycles. The first-order chi connectivity index (χ1) is 11.6. The standard InChI is InChI=1S/C19H19N3O2/c1-14-5-3-6-18(13-14)24-15(2)19(23)21-16-7-9-17(10-8-16)22-12-4-11-20-22/h3-13,15H,1-2H3,(H,21,23). The van der Waals surface area contributed by atoms with E-state index in [1.54, 1.807) is 17.8 Å². The van der Waals surface area contributed by atoms with Gasteiger partial charge in [0.25, 0.3) is 5.91 Å². The van der Waals surface area contributed by atoms with Crippen LogP contribution < -0.4 is 10.1 Å². The molecule has 1 atom stereocenters. The van der Waals surface area contributed by atoms with Crippen molar-refractivity contribution in [2.45, 2.75) is 20.0 Å². The molecule has 3 rings (SSSR count). The van der Waals surface area contributed by atoms with Crippen LogP contribution in [0.15, 0.2) is 67.0 Å². The number of rotatable bonds is 5. The fourth-order valence-corrected chi connectivity index (χ4v) is 2.31. The van der Waals surface area contributed by atoms with Crippen molar-refractivity contribution in [3.05, 3.63) is 72.6 Å². The second kappa shape index (κ2) is 7.00. The molecule has 0 spiro atoms. The molecular weight excluding hydrogens is 302 g/mol. The highest BCUT2D eigenvalue weighted by Crippen LogP contribution is 2.16. The van der Waals surface area contributed by atoms with Gasteiger partial charge >= 0.3 is 0 Å². The summed E-state index contributed by atoms with van der Waals surface area (Å²) in [6, 6.07) is 17.0. The maximum absolute atomic E-state index is 12.3. The summed E-state index contributed by atoms with van der Waals surface area (Å²) in [5.74, 6) is 0.495. The van der Waals surface area contributed by atoms with Gasteiger partial charge in [-0.15, -0.1) is 0 Å². The monoisotopic (exact) mass is 321 g/mol. The summed E-state index contributed by atoms with van der Waals surface area (Å²) in [4.78, 5) is 12.3. The minimum absolute atomic E-state index is 0.191. The van der Waals surface area contributed by atoms with E-state index >= 15 is 0 Å². The van der Waals surface area contributed by atoms with Gasteiger partial charge in [-0.3, -0.25) is 4.79 Å². The summed E-state index contributed by atoms with van der Waals surface area (Å²) >= 11 is 0. The molecule has 0 bridgehead atoms. The molecule has 0 fully saturated rings. The number of nitrogens with zero attached hydrogens (tertiary/aromatic N) is 2. The quantitative estimate of drug-likeness (QED) is 0.781. The fourth-order valence-electron chi connectivity index (χ4n) is 2.31. The normalized spacial score (nSPS) is 11.8. The largest absolute Gasteiger partial charge is 0.481 e. The highest BCUT2D eigenvalue weighted by molar-refractivity contribution is 5.94. The van der Waals surface area contributed by atoms with Gasteiger partial charge in [0.05, 0.1) is 5.69 Å². The van der Waals surface area contributed by atoms with E-state index in [9.17, 15) is 4.79 Å². The Labute approximate surface area is 140 Å². The fraction of sp³-hybridized carbons (Fsp3) is 0.158. The van der Waals surface area contributed by atoms with Crippen LogP contribution in [0.2, 0.25) is 0 Å². The van der Waals surface area contributed by atoms with Gasteiger partial charge in [-0.2, -0.15) is 5.10 Å². The molecule has 0 aliphatic heterocycles. The van der Waals surface area contributed by atoms with Crippen molar-refractivity contribution in [2.24, 2.45) is 0 Å². The van der Waals surface area contributed by atoms with Crippen molar-refractivity contribution in [1.82, 2.24) is 9.78 Å². The molecule has 1 heterocycles. The van der Waals surface area contributed by atoms with Gasteiger partial charge < -0.3 is 10.1 Å². The van der Waals surface area contributed by atoms with E-state index in [2.05, 4.69) is 10.4 Å². The Balaban J connectivity index is 1.61. The maximum Gasteiger partial charge on any atom is 0.265 e. The molecular formula is C19H19N3O2. The zero-order valence-electron chi connectivity index (χ0n) is 13.6. The van der Waals surface area contributed by atoms with E-state index in [4.69, 9.17) is 4.74 Å². The van der Waals surface area contributed by atoms with Gasteiger partial charge in [0.2, 0.25) is 0 Å². The number of benzene rings is 2. The van der Waals surface area contributed by atoms with Crippen LogP contribution in [0, 0.1) is 6.92 Å². The molecule has 1 N–H and O–H groups in total. The topological polar surface area (TPSA) is 56.1 Å². The van der Waals surface area contributed by atoms with Crippen LogP contribution in [0.1, 0.15) is 12.5 Å². The Kier molecular flexibility index (Phi) is 4.61. The average Bonchev–Trinajstić information content (AvgIpc) is 3.10. The molecule has 0 aliphatic carbocycles. The van der Waals surface area contributed by atoms with E-state index in [0.717, 1.165) is 16.9 Å². The minimum Gasteiger partial charge on any atom is -0.481 e. The SMILES string of the molecule is Cc1cccc(OC(C)C(=O)Nc2ccc(-n3cccn3)cc2)c1. The molecule has 2 aromatic carbocycles. The van der Waals surface area contributed by atoms with Crippen molar-refractivity contribution in [3.8, 4) is 11.4 Å². The van der Waals surface area contributed by atoms with E-state index < -0.39 is 6.10 Å². The minimum atomic E-state index is -0.586. The number of aromatic nitrogens is 2. The second-order valence-corrected chi connectivity index (χ2v) is 5.56. The molecule has 5 nitrogen and oxygen atoms in total. The van der Waals surface area contributed by atoms with Crippen molar-refractivity contribution < 1.29 is 9.53 Å². The van der Waals surface area contributed by atoms with E-state index in [0.29, 0.717) is 5.75 Å². The van der Waals surface area contributed by atoms with E-state index in [-0.39, 0.29) is 5.91 Å². The molecule has 0 saturated carbocycles. The number of amides is 1. The first kappa shape index (κ1) is 15.8. The zero-order chi connectivity index (χ0) is 16.9. The Morgan fingerprint density at radius 3 is 2.62 bits per heavy atom. The molecule has 1 amide bonds. The molecule has 3 aromatic rings. The summed E-state index contributed by atoms with van der Waals surface area (Å²) in [6.07, 6.45) is 3.00. The van der Waals surface area contributed by atoms with Crippen LogP contribution in [0.5, 0.6) is 5.75 Å². The van der Waals surface area contributed by atoms with Crippen LogP contribution in [-0.4, -0.2) is 21.8 Å². The lowest BCUT2D eigenvalue weighted by atomic mass is 10.2. The highest BCUT2D eigenvalue weighted by atomic mass is 16.5. The maximum atomic E-state index is 12.3. The Bertz CT molecular complexity index is 811. The molecule has 0 saturated heterocycles. The van der Waals surface area contributed by atoms with E-state index in [1.807, 2.05) is 67.7 Å². The van der Waals surface area contributed by atoms with Crippen molar-refractivity contribution in [3.63, 3.8) is 0 Å². The van der Waals surface area contributed by atoms with Crippen LogP contribution in [0.25, 0.3) is 5.69 Å². The summed E-state index contributed by atoms with van der Waals surface area (Å²) in [5, 5.41) is 7.02. The van der Waals surface area contributed by atoms with Crippen molar-refractivity contribution in [1.29, 1.82) is 0 Å². The first-order valence-electron chi connectivity index (χ1n) is 7.76. The van der Waals surface area contributed by atoms with Gasteiger partial charge in [-0.05, 0) is 61.9 Å². The Morgan fingerprint density at radius 1 is 1.17 bits per heavy atom. The average molecular weight is 321 g/mol. The van der Waals surface area contributed by atoms with Gasteiger partial charge in [0.15, 0.2) is 6.10 Å². The van der Waals surface area contributed by atoms with Gasteiger partial charge in [0, 0.05) is 18.1 Å². The van der Waals surface area contributed by atoms with Crippen LogP contribution in [0.3, 0.4) is 0 Å². The summed E-state index contributed by atoms with van der Waals surface area (Å²) in [7, 11) is 0.